The zero-order chi connectivity index (χ0) is 9.73. The fourth-order valence-electron chi connectivity index (χ4n) is 1.53. The Hall–Kier alpha value is -0.160. The molecule has 78 valence electrons. The van der Waals surface area contributed by atoms with Crippen LogP contribution in [0.4, 0.5) is 0 Å². The highest BCUT2D eigenvalue weighted by Gasteiger charge is 2.40. The maximum atomic E-state index is 9.13. The molecule has 1 saturated heterocycles. The van der Waals surface area contributed by atoms with E-state index in [4.69, 9.17) is 19.3 Å². The molecule has 1 fully saturated rings. The van der Waals surface area contributed by atoms with E-state index in [-0.39, 0.29) is 12.9 Å². The minimum absolute atomic E-state index is 0.107. The number of hydrogen-bond donors (Lipinski definition) is 1. The van der Waals surface area contributed by atoms with Crippen LogP contribution in [0.25, 0.3) is 0 Å². The van der Waals surface area contributed by atoms with Gasteiger partial charge in [-0.15, -0.1) is 0 Å². The summed E-state index contributed by atoms with van der Waals surface area (Å²) in [4.78, 5) is 0. The molecular weight excluding hydrogens is 172 g/mol. The third kappa shape index (κ3) is 2.64. The summed E-state index contributed by atoms with van der Waals surface area (Å²) in [7, 11) is 0. The van der Waals surface area contributed by atoms with Gasteiger partial charge in [-0.3, -0.25) is 0 Å². The van der Waals surface area contributed by atoms with E-state index in [0.717, 1.165) is 6.42 Å². The molecule has 2 unspecified atom stereocenters. The monoisotopic (exact) mass is 190 g/mol. The van der Waals surface area contributed by atoms with Crippen molar-refractivity contribution in [3.05, 3.63) is 0 Å². The van der Waals surface area contributed by atoms with Crippen molar-refractivity contribution in [2.75, 3.05) is 19.8 Å². The Labute approximate surface area is 78.8 Å². The number of rotatable bonds is 5. The predicted octanol–water partition coefficient (Wildman–Crippen LogP) is 0.885. The molecule has 0 aromatic heterocycles. The molecule has 4 nitrogen and oxygen atoms in total. The minimum atomic E-state index is -0.811. The molecule has 13 heavy (non-hydrogen) atoms. The molecule has 0 aromatic rings. The molecule has 1 N–H and O–H groups in total. The second-order valence-corrected chi connectivity index (χ2v) is 3.04. The van der Waals surface area contributed by atoms with Gasteiger partial charge >= 0.3 is 0 Å². The van der Waals surface area contributed by atoms with Crippen LogP contribution >= 0.6 is 0 Å². The van der Waals surface area contributed by atoms with Gasteiger partial charge in [0.05, 0.1) is 6.61 Å². The number of aliphatic hydroxyl groups excluding tert-OH is 1. The lowest BCUT2D eigenvalue weighted by Crippen LogP contribution is -2.37. The molecule has 1 aliphatic rings. The zero-order valence-electron chi connectivity index (χ0n) is 8.28. The first-order valence-corrected chi connectivity index (χ1v) is 4.80. The zero-order valence-corrected chi connectivity index (χ0v) is 8.28. The van der Waals surface area contributed by atoms with Crippen LogP contribution in [0.5, 0.6) is 0 Å². The standard InChI is InChI=1S/C9H18O4/c1-3-11-8-5-6-9(7-10,13-8)12-4-2/h8,10H,3-7H2,1-2H3. The van der Waals surface area contributed by atoms with E-state index in [9.17, 15) is 0 Å². The fraction of sp³-hybridized carbons (Fsp3) is 1.00. The second kappa shape index (κ2) is 4.91. The number of aliphatic hydroxyl groups is 1. The van der Waals surface area contributed by atoms with Crippen LogP contribution < -0.4 is 0 Å². The van der Waals surface area contributed by atoms with Gasteiger partial charge in [-0.2, -0.15) is 0 Å². The molecule has 0 bridgehead atoms. The van der Waals surface area contributed by atoms with Crippen molar-refractivity contribution in [2.45, 2.75) is 38.8 Å². The maximum absolute atomic E-state index is 9.13. The number of ether oxygens (including phenoxy) is 3. The molecular formula is C9H18O4. The quantitative estimate of drug-likeness (QED) is 0.699. The van der Waals surface area contributed by atoms with E-state index < -0.39 is 5.79 Å². The molecule has 0 radical (unpaired) electrons. The van der Waals surface area contributed by atoms with Crippen molar-refractivity contribution in [3.8, 4) is 0 Å². The van der Waals surface area contributed by atoms with Gasteiger partial charge in [0.15, 0.2) is 12.1 Å². The van der Waals surface area contributed by atoms with E-state index in [1.54, 1.807) is 0 Å². The Morgan fingerprint density at radius 3 is 2.77 bits per heavy atom. The molecule has 0 aromatic carbocycles. The summed E-state index contributed by atoms with van der Waals surface area (Å²) in [6.07, 6.45) is 1.26. The Morgan fingerprint density at radius 2 is 2.23 bits per heavy atom. The largest absolute Gasteiger partial charge is 0.391 e. The predicted molar refractivity (Wildman–Crippen MR) is 47.2 cm³/mol. The Kier molecular flexibility index (Phi) is 4.12. The first-order chi connectivity index (χ1) is 6.26. The van der Waals surface area contributed by atoms with Crippen LogP contribution in [0.3, 0.4) is 0 Å². The summed E-state index contributed by atoms with van der Waals surface area (Å²) in [5.41, 5.74) is 0. The van der Waals surface area contributed by atoms with Crippen LogP contribution in [0.1, 0.15) is 26.7 Å². The maximum Gasteiger partial charge on any atom is 0.194 e. The summed E-state index contributed by atoms with van der Waals surface area (Å²) < 4.78 is 16.1. The van der Waals surface area contributed by atoms with Gasteiger partial charge < -0.3 is 19.3 Å². The summed E-state index contributed by atoms with van der Waals surface area (Å²) in [5, 5.41) is 9.13. The molecule has 1 aliphatic heterocycles. The van der Waals surface area contributed by atoms with Crippen LogP contribution in [-0.2, 0) is 14.2 Å². The van der Waals surface area contributed by atoms with Crippen molar-refractivity contribution in [2.24, 2.45) is 0 Å². The highest BCUT2D eigenvalue weighted by atomic mass is 16.8. The highest BCUT2D eigenvalue weighted by Crippen LogP contribution is 2.31. The molecule has 2 atom stereocenters. The Balaban J connectivity index is 2.42. The third-order valence-electron chi connectivity index (χ3n) is 2.11. The SMILES string of the molecule is CCOC1CCC(CO)(OCC)O1. The van der Waals surface area contributed by atoms with Crippen LogP contribution in [0.15, 0.2) is 0 Å². The van der Waals surface area contributed by atoms with E-state index >= 15 is 0 Å². The first kappa shape index (κ1) is 10.9. The normalized spacial score (nSPS) is 33.9. The molecule has 0 saturated carbocycles. The summed E-state index contributed by atoms with van der Waals surface area (Å²) >= 11 is 0. The molecule has 0 aliphatic carbocycles. The minimum Gasteiger partial charge on any atom is -0.391 e. The molecule has 0 spiro atoms. The van der Waals surface area contributed by atoms with E-state index in [2.05, 4.69) is 0 Å². The lowest BCUT2D eigenvalue weighted by atomic mass is 10.2. The summed E-state index contributed by atoms with van der Waals surface area (Å²) in [5.74, 6) is -0.811. The van der Waals surface area contributed by atoms with Gasteiger partial charge in [0.1, 0.15) is 0 Å². The van der Waals surface area contributed by atoms with Gasteiger partial charge in [-0.1, -0.05) is 0 Å². The molecule has 1 rings (SSSR count). The first-order valence-electron chi connectivity index (χ1n) is 4.80. The molecule has 0 amide bonds. The van der Waals surface area contributed by atoms with Crippen LogP contribution in [0.2, 0.25) is 0 Å². The second-order valence-electron chi connectivity index (χ2n) is 3.04. The fourth-order valence-corrected chi connectivity index (χ4v) is 1.53. The van der Waals surface area contributed by atoms with Crippen molar-refractivity contribution < 1.29 is 19.3 Å². The van der Waals surface area contributed by atoms with E-state index in [0.29, 0.717) is 19.6 Å². The topological polar surface area (TPSA) is 47.9 Å². The average Bonchev–Trinajstić information content (AvgIpc) is 2.51. The van der Waals surface area contributed by atoms with Gasteiger partial charge in [-0.25, -0.2) is 0 Å². The lowest BCUT2D eigenvalue weighted by molar-refractivity contribution is -0.281. The van der Waals surface area contributed by atoms with Gasteiger partial charge in [0.25, 0.3) is 0 Å². The lowest BCUT2D eigenvalue weighted by Gasteiger charge is -2.26. The van der Waals surface area contributed by atoms with E-state index in [1.807, 2.05) is 13.8 Å². The summed E-state index contributed by atoms with van der Waals surface area (Å²) in [6.45, 7) is 4.86. The van der Waals surface area contributed by atoms with Gasteiger partial charge in [-0.05, 0) is 13.8 Å². The summed E-state index contributed by atoms with van der Waals surface area (Å²) in [6, 6.07) is 0. The van der Waals surface area contributed by atoms with Crippen molar-refractivity contribution in [1.29, 1.82) is 0 Å². The van der Waals surface area contributed by atoms with Crippen LogP contribution in [0, 0.1) is 0 Å². The Bertz CT molecular complexity index is 151. The van der Waals surface area contributed by atoms with Crippen molar-refractivity contribution in [1.82, 2.24) is 0 Å². The molecule has 1 heterocycles. The van der Waals surface area contributed by atoms with Crippen LogP contribution in [-0.4, -0.2) is 37.0 Å². The highest BCUT2D eigenvalue weighted by molar-refractivity contribution is 4.76. The third-order valence-corrected chi connectivity index (χ3v) is 2.11. The van der Waals surface area contributed by atoms with Gasteiger partial charge in [0, 0.05) is 26.1 Å². The van der Waals surface area contributed by atoms with Crippen molar-refractivity contribution >= 4 is 0 Å². The van der Waals surface area contributed by atoms with Gasteiger partial charge in [0.2, 0.25) is 0 Å². The smallest absolute Gasteiger partial charge is 0.194 e. The molecule has 4 heteroatoms. The average molecular weight is 190 g/mol. The Morgan fingerprint density at radius 1 is 1.46 bits per heavy atom. The van der Waals surface area contributed by atoms with Crippen molar-refractivity contribution in [3.63, 3.8) is 0 Å². The van der Waals surface area contributed by atoms with E-state index in [1.165, 1.54) is 0 Å². The number of hydrogen-bond acceptors (Lipinski definition) is 4.